The van der Waals surface area contributed by atoms with Crippen LogP contribution in [0, 0.1) is 0 Å². The molecule has 0 aromatic heterocycles. The van der Waals surface area contributed by atoms with Crippen LogP contribution in [-0.2, 0) is 9.53 Å². The predicted octanol–water partition coefficient (Wildman–Crippen LogP) is -1.01. The lowest BCUT2D eigenvalue weighted by Crippen LogP contribution is -2.13. The highest BCUT2D eigenvalue weighted by Crippen LogP contribution is 1.94. The van der Waals surface area contributed by atoms with E-state index in [0.717, 1.165) is 0 Å². The van der Waals surface area contributed by atoms with Gasteiger partial charge >= 0.3 is 5.97 Å². The Balaban J connectivity index is 0. The molecular weight excluding hydrogens is 148 g/mol. The Bertz CT molecular complexity index is 131. The molecule has 0 bridgehead atoms. The maximum Gasteiger partial charge on any atom is 0.335 e. The first-order valence-electron chi connectivity index (χ1n) is 2.58. The Labute approximate surface area is 64.7 Å². The lowest BCUT2D eigenvalue weighted by molar-refractivity contribution is -0.159. The van der Waals surface area contributed by atoms with Gasteiger partial charge in [0.15, 0.2) is 6.29 Å². The number of hydrogen-bond donors (Lipinski definition) is 1. The summed E-state index contributed by atoms with van der Waals surface area (Å²) in [7, 11) is 0. The minimum atomic E-state index is -1.05. The fourth-order valence-electron chi connectivity index (χ4n) is 0.255. The number of hydrogen-bond acceptors (Lipinski definition) is 3. The van der Waals surface area contributed by atoms with Gasteiger partial charge in [0.05, 0.1) is 0 Å². The molecule has 1 unspecified atom stereocenters. The number of ether oxygens (including phenoxy) is 1. The molecule has 0 aromatic rings. The van der Waals surface area contributed by atoms with E-state index in [9.17, 15) is 4.79 Å². The van der Waals surface area contributed by atoms with Gasteiger partial charge in [-0.3, -0.25) is 0 Å². The maximum absolute atomic E-state index is 10.5. The van der Waals surface area contributed by atoms with Crippen molar-refractivity contribution in [1.82, 2.24) is 0 Å². The molecule has 0 amide bonds. The monoisotopic (exact) mass is 162 g/mol. The van der Waals surface area contributed by atoms with Gasteiger partial charge in [-0.15, -0.1) is 0 Å². The van der Waals surface area contributed by atoms with Crippen molar-refractivity contribution in [1.29, 1.82) is 0 Å². The molecule has 0 radical (unpaired) electrons. The van der Waals surface area contributed by atoms with Crippen molar-refractivity contribution in [2.75, 3.05) is 0 Å². The molecule has 0 aromatic carbocycles. The molecule has 60 valence electrons. The average Bonchev–Trinajstić information content (AvgIpc) is 1.63. The van der Waals surface area contributed by atoms with Gasteiger partial charge in [-0.25, -0.2) is 4.79 Å². The van der Waals surface area contributed by atoms with Crippen molar-refractivity contribution in [3.8, 4) is 0 Å². The van der Waals surface area contributed by atoms with E-state index in [1.807, 2.05) is 0 Å². The summed E-state index contributed by atoms with van der Waals surface area (Å²) in [6.07, 6.45) is -1.05. The minimum absolute atomic E-state index is 0. The first-order chi connectivity index (χ1) is 4.04. The van der Waals surface area contributed by atoms with Crippen LogP contribution < -0.4 is 0 Å². The summed E-state index contributed by atoms with van der Waals surface area (Å²) in [5, 5.41) is 8.49. The first kappa shape index (κ1) is 12.1. The second kappa shape index (κ2) is 5.19. The van der Waals surface area contributed by atoms with E-state index in [4.69, 9.17) is 5.11 Å². The average molecular weight is 162 g/mol. The van der Waals surface area contributed by atoms with E-state index in [0.29, 0.717) is 0 Å². The number of carbonyl (C=O) groups excluding carboxylic acids is 1. The fraction of sp³-hybridized carbons (Fsp3) is 0.500. The molecule has 1 atom stereocenters. The van der Waals surface area contributed by atoms with E-state index in [2.05, 4.69) is 11.3 Å². The summed E-state index contributed by atoms with van der Waals surface area (Å²) in [5.74, 6) is -0.565. The van der Waals surface area contributed by atoms with E-state index in [1.165, 1.54) is 13.8 Å². The molecule has 3 nitrogen and oxygen atoms in total. The van der Waals surface area contributed by atoms with Crippen molar-refractivity contribution < 1.29 is 14.6 Å². The van der Waals surface area contributed by atoms with Crippen LogP contribution in [0.5, 0.6) is 0 Å². The summed E-state index contributed by atoms with van der Waals surface area (Å²) in [5.41, 5.74) is 0.288. The van der Waals surface area contributed by atoms with Crippen LogP contribution in [0.25, 0.3) is 0 Å². The van der Waals surface area contributed by atoms with Crippen molar-refractivity contribution in [3.63, 3.8) is 0 Å². The van der Waals surface area contributed by atoms with Crippen LogP contribution in [0.1, 0.15) is 13.8 Å². The molecule has 0 fully saturated rings. The Morgan fingerprint density at radius 1 is 1.70 bits per heavy atom. The van der Waals surface area contributed by atoms with Gasteiger partial charge < -0.3 is 9.84 Å². The molecule has 0 saturated heterocycles. The highest BCUT2D eigenvalue weighted by Gasteiger charge is 2.04. The smallest absolute Gasteiger partial charge is 0.335 e. The van der Waals surface area contributed by atoms with Gasteiger partial charge in [-0.05, 0) is 24.8 Å². The predicted molar refractivity (Wildman–Crippen MR) is 43.9 cm³/mol. The number of esters is 1. The Morgan fingerprint density at radius 2 is 2.10 bits per heavy atom. The second-order valence-electron chi connectivity index (χ2n) is 1.78. The van der Waals surface area contributed by atoms with E-state index < -0.39 is 12.3 Å². The molecule has 0 heterocycles. The topological polar surface area (TPSA) is 46.5 Å². The van der Waals surface area contributed by atoms with Crippen molar-refractivity contribution >= 4 is 16.9 Å². The summed E-state index contributed by atoms with van der Waals surface area (Å²) >= 11 is 0. The third-order valence-electron chi connectivity index (χ3n) is 0.626. The lowest BCUT2D eigenvalue weighted by atomic mass is 10.4. The van der Waals surface area contributed by atoms with Gasteiger partial charge in [0.25, 0.3) is 0 Å². The number of aliphatic hydroxyl groups excluding tert-OH is 1. The summed E-state index contributed by atoms with van der Waals surface area (Å²) in [4.78, 5) is 10.5. The van der Waals surface area contributed by atoms with E-state index in [1.54, 1.807) is 0 Å². The van der Waals surface area contributed by atoms with E-state index in [-0.39, 0.29) is 16.5 Å². The third kappa shape index (κ3) is 5.52. The summed E-state index contributed by atoms with van der Waals surface area (Å²) in [6, 6.07) is 0. The van der Waals surface area contributed by atoms with Crippen LogP contribution in [0.4, 0.5) is 0 Å². The highest BCUT2D eigenvalue weighted by molar-refractivity contribution is 5.86. The minimum Gasteiger partial charge on any atom is -0.433 e. The van der Waals surface area contributed by atoms with Crippen LogP contribution in [-0.4, -0.2) is 28.3 Å². The van der Waals surface area contributed by atoms with Crippen LogP contribution in [0.3, 0.4) is 0 Å². The fourth-order valence-corrected chi connectivity index (χ4v) is 0.255. The zero-order chi connectivity index (χ0) is 7.44. The number of aliphatic hydroxyl groups is 1. The number of rotatable bonds is 2. The molecule has 0 aliphatic rings. The van der Waals surface area contributed by atoms with Crippen molar-refractivity contribution in [2.45, 2.75) is 20.1 Å². The molecular formula is C6H14O3Si. The quantitative estimate of drug-likeness (QED) is 0.245. The van der Waals surface area contributed by atoms with Crippen LogP contribution >= 0.6 is 0 Å². The Morgan fingerprint density at radius 3 is 2.20 bits per heavy atom. The van der Waals surface area contributed by atoms with Gasteiger partial charge in [-0.1, -0.05) is 6.58 Å². The normalized spacial score (nSPS) is 11.1. The van der Waals surface area contributed by atoms with Gasteiger partial charge in [0.2, 0.25) is 0 Å². The molecule has 0 aliphatic carbocycles. The molecule has 0 spiro atoms. The SMILES string of the molecule is C=C(C)C(=O)OC(C)O.[SiH4]. The second-order valence-corrected chi connectivity index (χ2v) is 1.78. The van der Waals surface area contributed by atoms with Crippen LogP contribution in [0.15, 0.2) is 12.2 Å². The van der Waals surface area contributed by atoms with Gasteiger partial charge in [0, 0.05) is 5.57 Å². The Hall–Kier alpha value is -0.613. The number of carbonyl (C=O) groups is 1. The Kier molecular flexibility index (Phi) is 6.28. The maximum atomic E-state index is 10.5. The molecule has 0 aliphatic heterocycles. The van der Waals surface area contributed by atoms with Crippen LogP contribution in [0.2, 0.25) is 0 Å². The summed E-state index contributed by atoms with van der Waals surface area (Å²) < 4.78 is 4.33. The molecule has 0 rings (SSSR count). The molecule has 10 heavy (non-hydrogen) atoms. The van der Waals surface area contributed by atoms with E-state index >= 15 is 0 Å². The van der Waals surface area contributed by atoms with Crippen molar-refractivity contribution in [3.05, 3.63) is 12.2 Å². The molecule has 4 heteroatoms. The van der Waals surface area contributed by atoms with Gasteiger partial charge in [-0.2, -0.15) is 0 Å². The third-order valence-corrected chi connectivity index (χ3v) is 0.626. The zero-order valence-electron chi connectivity index (χ0n) is 5.55. The highest BCUT2D eigenvalue weighted by atomic mass is 28.1. The zero-order valence-corrected chi connectivity index (χ0v) is 5.55. The summed E-state index contributed by atoms with van der Waals surface area (Å²) in [6.45, 7) is 6.20. The van der Waals surface area contributed by atoms with Crippen molar-refractivity contribution in [2.24, 2.45) is 0 Å². The standard InChI is InChI=1S/C6H10O3.H4Si/c1-4(2)6(8)9-5(3)7;/h5,7H,1H2,2-3H3;1H4. The van der Waals surface area contributed by atoms with Gasteiger partial charge in [0.1, 0.15) is 0 Å². The lowest BCUT2D eigenvalue weighted by Gasteiger charge is -2.04. The molecule has 0 saturated carbocycles. The largest absolute Gasteiger partial charge is 0.433 e. The molecule has 1 N–H and O–H groups in total. The first-order valence-corrected chi connectivity index (χ1v) is 2.58.